The maximum atomic E-state index is 12.9. The number of hydrogen-bond acceptors (Lipinski definition) is 6. The van der Waals surface area contributed by atoms with E-state index in [-0.39, 0.29) is 0 Å². The molecular formula is C29H23BrN2O5. The van der Waals surface area contributed by atoms with Crippen LogP contribution in [-0.4, -0.2) is 25.2 Å². The highest BCUT2D eigenvalue weighted by Gasteiger charge is 2.14. The molecule has 0 saturated carbocycles. The topological polar surface area (TPSA) is 86.2 Å². The van der Waals surface area contributed by atoms with Crippen molar-refractivity contribution in [1.29, 1.82) is 0 Å². The van der Waals surface area contributed by atoms with Crippen molar-refractivity contribution < 1.29 is 23.8 Å². The number of ether oxygens (including phenoxy) is 3. The van der Waals surface area contributed by atoms with Gasteiger partial charge in [0.1, 0.15) is 23.9 Å². The second-order valence-electron chi connectivity index (χ2n) is 7.77. The molecule has 186 valence electrons. The normalized spacial score (nSPS) is 10.6. The maximum absolute atomic E-state index is 12.9. The third-order valence-electron chi connectivity index (χ3n) is 5.24. The molecule has 0 aliphatic rings. The lowest BCUT2D eigenvalue weighted by Gasteiger charge is -2.11. The van der Waals surface area contributed by atoms with Crippen LogP contribution >= 0.6 is 15.9 Å². The van der Waals surface area contributed by atoms with Gasteiger partial charge >= 0.3 is 5.97 Å². The van der Waals surface area contributed by atoms with Crippen LogP contribution < -0.4 is 19.6 Å². The molecular weight excluding hydrogens is 536 g/mol. The predicted molar refractivity (Wildman–Crippen MR) is 144 cm³/mol. The molecule has 0 spiro atoms. The summed E-state index contributed by atoms with van der Waals surface area (Å²) in [7, 11) is 1.55. The predicted octanol–water partition coefficient (Wildman–Crippen LogP) is 6.02. The van der Waals surface area contributed by atoms with Gasteiger partial charge in [-0.05, 0) is 60.2 Å². The molecule has 0 atom stereocenters. The Morgan fingerprint density at radius 2 is 1.62 bits per heavy atom. The molecule has 37 heavy (non-hydrogen) atoms. The highest BCUT2D eigenvalue weighted by atomic mass is 79.9. The number of hydrogen-bond donors (Lipinski definition) is 1. The van der Waals surface area contributed by atoms with Crippen molar-refractivity contribution in [3.63, 3.8) is 0 Å². The van der Waals surface area contributed by atoms with Gasteiger partial charge in [-0.15, -0.1) is 0 Å². The number of benzene rings is 4. The Labute approximate surface area is 222 Å². The van der Waals surface area contributed by atoms with E-state index in [0.717, 1.165) is 10.0 Å². The van der Waals surface area contributed by atoms with Crippen LogP contribution in [0.25, 0.3) is 0 Å². The van der Waals surface area contributed by atoms with E-state index in [9.17, 15) is 9.59 Å². The van der Waals surface area contributed by atoms with E-state index >= 15 is 0 Å². The van der Waals surface area contributed by atoms with Gasteiger partial charge in [-0.3, -0.25) is 4.79 Å². The van der Waals surface area contributed by atoms with Crippen LogP contribution in [-0.2, 0) is 6.61 Å². The Morgan fingerprint density at radius 3 is 2.38 bits per heavy atom. The third kappa shape index (κ3) is 7.05. The lowest BCUT2D eigenvalue weighted by atomic mass is 10.2. The summed E-state index contributed by atoms with van der Waals surface area (Å²) in [6, 6.07) is 28.3. The minimum atomic E-state index is -0.526. The van der Waals surface area contributed by atoms with Crippen molar-refractivity contribution in [3.8, 4) is 17.2 Å². The number of carbonyl (C=O) groups excluding carboxylic acids is 2. The second-order valence-corrected chi connectivity index (χ2v) is 8.69. The number of halogens is 1. The first kappa shape index (κ1) is 25.7. The van der Waals surface area contributed by atoms with Gasteiger partial charge in [0.15, 0.2) is 0 Å². The number of methoxy groups -OCH3 is 1. The van der Waals surface area contributed by atoms with Crippen LogP contribution in [0.4, 0.5) is 0 Å². The van der Waals surface area contributed by atoms with E-state index in [1.807, 2.05) is 30.3 Å². The minimum Gasteiger partial charge on any atom is -0.497 e. The largest absolute Gasteiger partial charge is 0.497 e. The van der Waals surface area contributed by atoms with Crippen LogP contribution in [0.3, 0.4) is 0 Å². The lowest BCUT2D eigenvalue weighted by Crippen LogP contribution is -2.19. The number of amides is 1. The molecule has 0 heterocycles. The standard InChI is InChI=1S/C29H23BrN2O5/c1-35-24-14-11-21(12-15-24)29(34)37-26-10-6-5-9-22(26)18-31-32-28(33)25-17-23(30)13-16-27(25)36-19-20-7-3-2-4-8-20/h2-18H,19H2,1H3,(H,32,33). The van der Waals surface area contributed by atoms with Gasteiger partial charge in [-0.2, -0.15) is 5.10 Å². The highest BCUT2D eigenvalue weighted by molar-refractivity contribution is 9.10. The molecule has 0 fully saturated rings. The molecule has 4 aromatic rings. The van der Waals surface area contributed by atoms with Crippen molar-refractivity contribution in [2.75, 3.05) is 7.11 Å². The zero-order valence-corrected chi connectivity index (χ0v) is 21.5. The fraction of sp³-hybridized carbons (Fsp3) is 0.0690. The van der Waals surface area contributed by atoms with Crippen LogP contribution in [0.1, 0.15) is 31.8 Å². The van der Waals surface area contributed by atoms with Crippen molar-refractivity contribution in [2.45, 2.75) is 6.61 Å². The summed E-state index contributed by atoms with van der Waals surface area (Å²) in [5, 5.41) is 4.07. The summed E-state index contributed by atoms with van der Waals surface area (Å²) in [6.45, 7) is 0.318. The van der Waals surface area contributed by atoms with Gasteiger partial charge in [0.25, 0.3) is 5.91 Å². The first-order valence-corrected chi connectivity index (χ1v) is 12.1. The smallest absolute Gasteiger partial charge is 0.343 e. The Balaban J connectivity index is 1.43. The summed E-state index contributed by atoms with van der Waals surface area (Å²) in [6.07, 6.45) is 1.41. The van der Waals surface area contributed by atoms with E-state index in [1.165, 1.54) is 6.21 Å². The molecule has 0 bridgehead atoms. The number of carbonyl (C=O) groups is 2. The first-order valence-electron chi connectivity index (χ1n) is 11.3. The van der Waals surface area contributed by atoms with E-state index in [4.69, 9.17) is 14.2 Å². The second kappa shape index (κ2) is 12.5. The molecule has 7 nitrogen and oxygen atoms in total. The summed E-state index contributed by atoms with van der Waals surface area (Å²) in [5.41, 5.74) is 4.70. The molecule has 4 rings (SSSR count). The first-order chi connectivity index (χ1) is 18.0. The van der Waals surface area contributed by atoms with Crippen molar-refractivity contribution in [1.82, 2.24) is 5.43 Å². The average Bonchev–Trinajstić information content (AvgIpc) is 2.93. The highest BCUT2D eigenvalue weighted by Crippen LogP contribution is 2.24. The lowest BCUT2D eigenvalue weighted by molar-refractivity contribution is 0.0734. The number of hydrazone groups is 1. The number of esters is 1. The molecule has 0 aliphatic heterocycles. The average molecular weight is 559 g/mol. The monoisotopic (exact) mass is 558 g/mol. The Kier molecular flexibility index (Phi) is 8.67. The molecule has 0 aromatic heterocycles. The number of nitrogens with zero attached hydrogens (tertiary/aromatic N) is 1. The number of rotatable bonds is 9. The number of nitrogens with one attached hydrogen (secondary N) is 1. The van der Waals surface area contributed by atoms with Gasteiger partial charge in [-0.25, -0.2) is 10.2 Å². The SMILES string of the molecule is COc1ccc(C(=O)Oc2ccccc2C=NNC(=O)c2cc(Br)ccc2OCc2ccccc2)cc1. The van der Waals surface area contributed by atoms with Crippen LogP contribution in [0.2, 0.25) is 0 Å². The Hall–Kier alpha value is -4.43. The molecule has 4 aromatic carbocycles. The van der Waals surface area contributed by atoms with Gasteiger partial charge in [0, 0.05) is 10.0 Å². The molecule has 0 unspecified atom stereocenters. The van der Waals surface area contributed by atoms with Gasteiger partial charge < -0.3 is 14.2 Å². The minimum absolute atomic E-state index is 0.302. The van der Waals surface area contributed by atoms with E-state index < -0.39 is 11.9 Å². The van der Waals surface area contributed by atoms with Crippen LogP contribution in [0, 0.1) is 0 Å². The molecule has 0 saturated heterocycles. The van der Waals surface area contributed by atoms with Gasteiger partial charge in [0.05, 0.1) is 24.5 Å². The summed E-state index contributed by atoms with van der Waals surface area (Å²) in [4.78, 5) is 25.5. The van der Waals surface area contributed by atoms with Gasteiger partial charge in [0.2, 0.25) is 0 Å². The summed E-state index contributed by atoms with van der Waals surface area (Å²) < 4.78 is 17.3. The van der Waals surface area contributed by atoms with E-state index in [1.54, 1.807) is 73.8 Å². The van der Waals surface area contributed by atoms with Crippen molar-refractivity contribution in [3.05, 3.63) is 124 Å². The molecule has 0 aliphatic carbocycles. The fourth-order valence-electron chi connectivity index (χ4n) is 3.33. The zero-order chi connectivity index (χ0) is 26.0. The van der Waals surface area contributed by atoms with E-state index in [0.29, 0.717) is 40.5 Å². The maximum Gasteiger partial charge on any atom is 0.343 e. The summed E-state index contributed by atoms with van der Waals surface area (Å²) >= 11 is 3.40. The van der Waals surface area contributed by atoms with Crippen LogP contribution in [0.5, 0.6) is 17.2 Å². The zero-order valence-electron chi connectivity index (χ0n) is 19.9. The summed E-state index contributed by atoms with van der Waals surface area (Å²) in [5.74, 6) is 0.387. The fourth-order valence-corrected chi connectivity index (χ4v) is 3.69. The Morgan fingerprint density at radius 1 is 0.892 bits per heavy atom. The van der Waals surface area contributed by atoms with E-state index in [2.05, 4.69) is 26.5 Å². The number of para-hydroxylation sites is 1. The van der Waals surface area contributed by atoms with Crippen molar-refractivity contribution in [2.24, 2.45) is 5.10 Å². The molecule has 0 radical (unpaired) electrons. The third-order valence-corrected chi connectivity index (χ3v) is 5.73. The quantitative estimate of drug-likeness (QED) is 0.117. The molecule has 1 N–H and O–H groups in total. The molecule has 8 heteroatoms. The van der Waals surface area contributed by atoms with Gasteiger partial charge in [-0.1, -0.05) is 58.4 Å². The Bertz CT molecular complexity index is 1410. The van der Waals surface area contributed by atoms with Crippen LogP contribution in [0.15, 0.2) is 107 Å². The molecule has 1 amide bonds. The van der Waals surface area contributed by atoms with Crippen molar-refractivity contribution >= 4 is 34.0 Å².